The zero-order chi connectivity index (χ0) is 10.9. The van der Waals surface area contributed by atoms with Gasteiger partial charge in [0.2, 0.25) is 3.79 Å². The van der Waals surface area contributed by atoms with E-state index in [-0.39, 0.29) is 5.92 Å². The van der Waals surface area contributed by atoms with Crippen LogP contribution in [0.15, 0.2) is 0 Å². The third-order valence-corrected chi connectivity index (χ3v) is 2.41. The maximum Gasteiger partial charge on any atom is 0.234 e. The van der Waals surface area contributed by atoms with E-state index in [9.17, 15) is 0 Å². The van der Waals surface area contributed by atoms with Gasteiger partial charge in [-0.3, -0.25) is 0 Å². The van der Waals surface area contributed by atoms with Gasteiger partial charge in [-0.1, -0.05) is 53.9 Å². The molecular formula is C8H12Cl3N3. The molecule has 0 unspecified atom stereocenters. The molecule has 0 bridgehead atoms. The maximum atomic E-state index is 5.86. The van der Waals surface area contributed by atoms with Crippen LogP contribution in [-0.4, -0.2) is 15.0 Å². The van der Waals surface area contributed by atoms with Gasteiger partial charge in [-0.05, 0) is 12.8 Å². The fraction of sp³-hybridized carbons (Fsp3) is 0.750. The van der Waals surface area contributed by atoms with Crippen LogP contribution in [0.2, 0.25) is 0 Å². The van der Waals surface area contributed by atoms with Gasteiger partial charge in [-0.15, -0.1) is 5.10 Å². The highest BCUT2D eigenvalue weighted by Gasteiger charge is 2.32. The van der Waals surface area contributed by atoms with Crippen LogP contribution in [0.3, 0.4) is 0 Å². The Bertz CT molecular complexity index is 314. The van der Waals surface area contributed by atoms with Crippen LogP contribution in [0.5, 0.6) is 0 Å². The van der Waals surface area contributed by atoms with Gasteiger partial charge >= 0.3 is 0 Å². The van der Waals surface area contributed by atoms with Crippen molar-refractivity contribution < 1.29 is 0 Å². The third kappa shape index (κ3) is 2.33. The van der Waals surface area contributed by atoms with Crippen molar-refractivity contribution in [2.24, 2.45) is 0 Å². The summed E-state index contributed by atoms with van der Waals surface area (Å²) in [6.07, 6.45) is 0. The number of hydrogen-bond acceptors (Lipinski definition) is 2. The molecule has 0 fully saturated rings. The third-order valence-electron chi connectivity index (χ3n) is 1.88. The summed E-state index contributed by atoms with van der Waals surface area (Å²) in [6.45, 7) is 6.55. The molecule has 0 radical (unpaired) electrons. The molecule has 0 atom stereocenters. The number of halogens is 3. The normalized spacial score (nSPS) is 12.5. The topological polar surface area (TPSA) is 30.7 Å². The predicted octanol–water partition coefficient (Wildman–Crippen LogP) is 3.25. The van der Waals surface area contributed by atoms with Gasteiger partial charge in [-0.2, -0.15) is 0 Å². The molecule has 0 saturated heterocycles. The van der Waals surface area contributed by atoms with Crippen LogP contribution in [0, 0.1) is 0 Å². The number of alkyl halides is 3. The fourth-order valence-corrected chi connectivity index (χ4v) is 1.81. The molecule has 6 heteroatoms. The summed E-state index contributed by atoms with van der Waals surface area (Å²) in [4.78, 5) is 0. The van der Waals surface area contributed by atoms with Crippen molar-refractivity contribution in [1.82, 2.24) is 15.0 Å². The highest BCUT2D eigenvalue weighted by Crippen LogP contribution is 2.40. The molecule has 0 aliphatic rings. The summed E-state index contributed by atoms with van der Waals surface area (Å²) in [7, 11) is 0. The first kappa shape index (κ1) is 12.1. The lowest BCUT2D eigenvalue weighted by atomic mass is 10.1. The molecule has 80 valence electrons. The predicted molar refractivity (Wildman–Crippen MR) is 59.0 cm³/mol. The van der Waals surface area contributed by atoms with Gasteiger partial charge in [0.15, 0.2) is 0 Å². The molecular weight excluding hydrogens is 244 g/mol. The van der Waals surface area contributed by atoms with Crippen molar-refractivity contribution in [3.05, 3.63) is 11.4 Å². The Morgan fingerprint density at radius 2 is 1.93 bits per heavy atom. The molecule has 0 aromatic carbocycles. The highest BCUT2D eigenvalue weighted by molar-refractivity contribution is 6.66. The van der Waals surface area contributed by atoms with Crippen molar-refractivity contribution >= 4 is 34.8 Å². The lowest BCUT2D eigenvalue weighted by Crippen LogP contribution is -2.13. The zero-order valence-electron chi connectivity index (χ0n) is 8.26. The zero-order valence-corrected chi connectivity index (χ0v) is 10.5. The molecule has 1 aromatic heterocycles. The first-order valence-electron chi connectivity index (χ1n) is 4.38. The van der Waals surface area contributed by atoms with Crippen molar-refractivity contribution in [2.75, 3.05) is 0 Å². The summed E-state index contributed by atoms with van der Waals surface area (Å²) in [5, 5.41) is 7.95. The summed E-state index contributed by atoms with van der Waals surface area (Å²) in [6, 6.07) is 0. The largest absolute Gasteiger partial charge is 0.245 e. The van der Waals surface area contributed by atoms with Gasteiger partial charge in [-0.25, -0.2) is 4.68 Å². The van der Waals surface area contributed by atoms with Crippen LogP contribution in [0.1, 0.15) is 38.1 Å². The van der Waals surface area contributed by atoms with E-state index in [0.717, 1.165) is 5.69 Å². The van der Waals surface area contributed by atoms with E-state index in [1.54, 1.807) is 4.68 Å². The minimum Gasteiger partial charge on any atom is -0.245 e. The molecule has 1 aromatic rings. The number of nitrogens with zero attached hydrogens (tertiary/aromatic N) is 3. The average molecular weight is 257 g/mol. The quantitative estimate of drug-likeness (QED) is 0.761. The van der Waals surface area contributed by atoms with E-state index in [1.165, 1.54) is 0 Å². The molecule has 14 heavy (non-hydrogen) atoms. The van der Waals surface area contributed by atoms with Crippen molar-refractivity contribution in [2.45, 2.75) is 37.0 Å². The molecule has 0 spiro atoms. The second kappa shape index (κ2) is 4.25. The molecule has 1 heterocycles. The van der Waals surface area contributed by atoms with Crippen molar-refractivity contribution in [3.63, 3.8) is 0 Å². The fourth-order valence-electron chi connectivity index (χ4n) is 1.23. The standard InChI is InChI=1S/C8H12Cl3N3/c1-4-14-7(8(9,10)11)6(5(2)3)12-13-14/h5H,4H2,1-3H3. The Morgan fingerprint density at radius 1 is 1.36 bits per heavy atom. The molecule has 0 N–H and O–H groups in total. The van der Waals surface area contributed by atoms with E-state index < -0.39 is 3.79 Å². The minimum absolute atomic E-state index is 0.195. The first-order chi connectivity index (χ1) is 6.38. The lowest BCUT2D eigenvalue weighted by Gasteiger charge is -2.15. The van der Waals surface area contributed by atoms with Gasteiger partial charge < -0.3 is 0 Å². The Balaban J connectivity index is 3.27. The lowest BCUT2D eigenvalue weighted by molar-refractivity contribution is 0.602. The molecule has 0 aliphatic heterocycles. The molecule has 0 saturated carbocycles. The maximum absolute atomic E-state index is 5.86. The van der Waals surface area contributed by atoms with Crippen molar-refractivity contribution in [1.29, 1.82) is 0 Å². The summed E-state index contributed by atoms with van der Waals surface area (Å²) >= 11 is 17.6. The average Bonchev–Trinajstić information content (AvgIpc) is 2.45. The molecule has 3 nitrogen and oxygen atoms in total. The molecule has 0 aliphatic carbocycles. The van der Waals surface area contributed by atoms with Crippen LogP contribution in [0.25, 0.3) is 0 Å². The van der Waals surface area contributed by atoms with Gasteiger partial charge in [0.1, 0.15) is 5.69 Å². The van der Waals surface area contributed by atoms with Crippen LogP contribution in [0.4, 0.5) is 0 Å². The van der Waals surface area contributed by atoms with Crippen molar-refractivity contribution in [3.8, 4) is 0 Å². The SMILES string of the molecule is CCn1nnc(C(C)C)c1C(Cl)(Cl)Cl. The monoisotopic (exact) mass is 255 g/mol. The van der Waals surface area contributed by atoms with E-state index in [1.807, 2.05) is 20.8 Å². The van der Waals surface area contributed by atoms with Gasteiger partial charge in [0, 0.05) is 6.54 Å². The Hall–Kier alpha value is 0.01000. The second-order valence-electron chi connectivity index (χ2n) is 3.29. The Morgan fingerprint density at radius 3 is 2.29 bits per heavy atom. The Kier molecular flexibility index (Phi) is 3.67. The second-order valence-corrected chi connectivity index (χ2v) is 5.57. The minimum atomic E-state index is -1.46. The molecule has 1 rings (SSSR count). The van der Waals surface area contributed by atoms with E-state index in [0.29, 0.717) is 12.2 Å². The summed E-state index contributed by atoms with van der Waals surface area (Å²) in [5.41, 5.74) is 1.31. The molecule has 0 amide bonds. The number of aromatic nitrogens is 3. The highest BCUT2D eigenvalue weighted by atomic mass is 35.6. The summed E-state index contributed by atoms with van der Waals surface area (Å²) < 4.78 is 0.154. The number of rotatable bonds is 2. The van der Waals surface area contributed by atoms with Crippen LogP contribution < -0.4 is 0 Å². The number of hydrogen-bond donors (Lipinski definition) is 0. The first-order valence-corrected chi connectivity index (χ1v) is 5.51. The van der Waals surface area contributed by atoms with E-state index in [4.69, 9.17) is 34.8 Å². The summed E-state index contributed by atoms with van der Waals surface area (Å²) in [5.74, 6) is 0.195. The van der Waals surface area contributed by atoms with E-state index in [2.05, 4.69) is 10.3 Å². The van der Waals surface area contributed by atoms with Gasteiger partial charge in [0.05, 0.1) is 5.69 Å². The number of aryl methyl sites for hydroxylation is 1. The van der Waals surface area contributed by atoms with Crippen LogP contribution in [-0.2, 0) is 10.3 Å². The Labute approximate surface area is 98.3 Å². The van der Waals surface area contributed by atoms with Crippen LogP contribution >= 0.6 is 34.8 Å². The smallest absolute Gasteiger partial charge is 0.234 e. The van der Waals surface area contributed by atoms with Gasteiger partial charge in [0.25, 0.3) is 0 Å². The van der Waals surface area contributed by atoms with E-state index >= 15 is 0 Å².